The predicted octanol–water partition coefficient (Wildman–Crippen LogP) is 4.37. The minimum absolute atomic E-state index is 0.104. The van der Waals surface area contributed by atoms with E-state index in [-0.39, 0.29) is 22.8 Å². The molecule has 32 heavy (non-hydrogen) atoms. The molecule has 0 aliphatic carbocycles. The van der Waals surface area contributed by atoms with Crippen molar-refractivity contribution < 1.29 is 35.8 Å². The SMILES string of the molecule is COc1cc(F)cc(C2Oc3cccc(OC(F)F)c3-c3ccc(CS(N)(=O)=O)cc32)c1. The molecule has 0 fully saturated rings. The largest absolute Gasteiger partial charge is 0.497 e. The minimum atomic E-state index is -3.83. The Morgan fingerprint density at radius 3 is 2.59 bits per heavy atom. The highest BCUT2D eigenvalue weighted by Gasteiger charge is 2.31. The van der Waals surface area contributed by atoms with Gasteiger partial charge in [-0.3, -0.25) is 0 Å². The van der Waals surface area contributed by atoms with Crippen LogP contribution < -0.4 is 19.3 Å². The van der Waals surface area contributed by atoms with Gasteiger partial charge in [0, 0.05) is 17.2 Å². The lowest BCUT2D eigenvalue weighted by atomic mass is 9.88. The molecule has 1 heterocycles. The average molecular weight is 465 g/mol. The molecule has 1 atom stereocenters. The molecule has 0 amide bonds. The van der Waals surface area contributed by atoms with E-state index in [1.54, 1.807) is 24.3 Å². The minimum Gasteiger partial charge on any atom is -0.497 e. The monoisotopic (exact) mass is 465 g/mol. The lowest BCUT2D eigenvalue weighted by Crippen LogP contribution is -2.19. The number of hydrogen-bond donors (Lipinski definition) is 1. The van der Waals surface area contributed by atoms with Crippen molar-refractivity contribution >= 4 is 10.0 Å². The summed E-state index contributed by atoms with van der Waals surface area (Å²) in [5.74, 6) is -0.602. The molecule has 0 saturated heterocycles. The van der Waals surface area contributed by atoms with E-state index in [0.29, 0.717) is 22.3 Å². The van der Waals surface area contributed by atoms with E-state index < -0.39 is 34.3 Å². The van der Waals surface area contributed by atoms with Crippen LogP contribution in [0.25, 0.3) is 11.1 Å². The molecule has 0 radical (unpaired) electrons. The fourth-order valence-corrected chi connectivity index (χ4v) is 4.38. The molecule has 2 N–H and O–H groups in total. The van der Waals surface area contributed by atoms with E-state index in [2.05, 4.69) is 4.74 Å². The molecule has 4 rings (SSSR count). The number of sulfonamides is 1. The lowest BCUT2D eigenvalue weighted by molar-refractivity contribution is -0.0496. The van der Waals surface area contributed by atoms with Gasteiger partial charge in [-0.05, 0) is 35.4 Å². The van der Waals surface area contributed by atoms with Crippen molar-refractivity contribution in [2.45, 2.75) is 18.5 Å². The summed E-state index contributed by atoms with van der Waals surface area (Å²) in [4.78, 5) is 0. The highest BCUT2D eigenvalue weighted by Crippen LogP contribution is 2.49. The van der Waals surface area contributed by atoms with Crippen LogP contribution in [0.3, 0.4) is 0 Å². The summed E-state index contributed by atoms with van der Waals surface area (Å²) in [5.41, 5.74) is 1.95. The number of methoxy groups -OCH3 is 1. The maximum absolute atomic E-state index is 14.2. The van der Waals surface area contributed by atoms with Gasteiger partial charge in [0.15, 0.2) is 0 Å². The van der Waals surface area contributed by atoms with Gasteiger partial charge >= 0.3 is 6.61 Å². The summed E-state index contributed by atoms with van der Waals surface area (Å²) in [6, 6.07) is 13.2. The predicted molar refractivity (Wildman–Crippen MR) is 111 cm³/mol. The Morgan fingerprint density at radius 1 is 1.12 bits per heavy atom. The molecular weight excluding hydrogens is 447 g/mol. The standard InChI is InChI=1S/C22H18F3NO5S/c1-29-15-9-13(8-14(23)10-15)21-17-7-12(11-32(26,27)28)5-6-16(17)20-18(30-21)3-2-4-19(20)31-22(24)25/h2-10,21-22H,11H2,1H3,(H2,26,27,28). The van der Waals surface area contributed by atoms with E-state index in [9.17, 15) is 21.6 Å². The summed E-state index contributed by atoms with van der Waals surface area (Å²) < 4.78 is 79.3. The molecule has 0 bridgehead atoms. The first-order valence-electron chi connectivity index (χ1n) is 9.37. The lowest BCUT2D eigenvalue weighted by Gasteiger charge is -2.31. The average Bonchev–Trinajstić information content (AvgIpc) is 2.71. The molecule has 3 aromatic carbocycles. The van der Waals surface area contributed by atoms with Crippen LogP contribution >= 0.6 is 0 Å². The van der Waals surface area contributed by atoms with Crippen molar-refractivity contribution in [3.8, 4) is 28.4 Å². The highest BCUT2D eigenvalue weighted by atomic mass is 32.2. The molecule has 0 spiro atoms. The number of alkyl halides is 2. The third-order valence-corrected chi connectivity index (χ3v) is 5.65. The third-order valence-electron chi connectivity index (χ3n) is 4.92. The van der Waals surface area contributed by atoms with Gasteiger partial charge in [0.1, 0.15) is 29.2 Å². The number of halogens is 3. The van der Waals surface area contributed by atoms with Gasteiger partial charge in [-0.1, -0.05) is 24.3 Å². The van der Waals surface area contributed by atoms with Gasteiger partial charge in [0.25, 0.3) is 0 Å². The van der Waals surface area contributed by atoms with E-state index in [1.165, 1.54) is 37.4 Å². The van der Waals surface area contributed by atoms with Crippen molar-refractivity contribution in [1.29, 1.82) is 0 Å². The van der Waals surface area contributed by atoms with E-state index >= 15 is 0 Å². The Morgan fingerprint density at radius 2 is 1.91 bits per heavy atom. The van der Waals surface area contributed by atoms with Gasteiger partial charge in [-0.25, -0.2) is 17.9 Å². The molecular formula is C22H18F3NO5S. The maximum Gasteiger partial charge on any atom is 0.387 e. The van der Waals surface area contributed by atoms with Gasteiger partial charge < -0.3 is 14.2 Å². The summed E-state index contributed by atoms with van der Waals surface area (Å²) >= 11 is 0. The molecule has 0 saturated carbocycles. The Balaban J connectivity index is 1.93. The molecule has 6 nitrogen and oxygen atoms in total. The fraction of sp³-hybridized carbons (Fsp3) is 0.182. The van der Waals surface area contributed by atoms with Gasteiger partial charge in [0.2, 0.25) is 10.0 Å². The zero-order chi connectivity index (χ0) is 23.0. The molecule has 168 valence electrons. The molecule has 3 aromatic rings. The third kappa shape index (κ3) is 4.51. The van der Waals surface area contributed by atoms with Crippen LogP contribution in [0.5, 0.6) is 17.2 Å². The van der Waals surface area contributed by atoms with Crippen LogP contribution in [0, 0.1) is 5.82 Å². The van der Waals surface area contributed by atoms with E-state index in [1.807, 2.05) is 0 Å². The van der Waals surface area contributed by atoms with Gasteiger partial charge in [-0.2, -0.15) is 8.78 Å². The number of primary sulfonamides is 1. The van der Waals surface area contributed by atoms with Crippen molar-refractivity contribution in [2.75, 3.05) is 7.11 Å². The van der Waals surface area contributed by atoms with E-state index in [4.69, 9.17) is 14.6 Å². The second-order valence-electron chi connectivity index (χ2n) is 7.16. The van der Waals surface area contributed by atoms with Crippen LogP contribution in [0.4, 0.5) is 13.2 Å². The quantitative estimate of drug-likeness (QED) is 0.584. The van der Waals surface area contributed by atoms with Gasteiger partial charge in [0.05, 0.1) is 18.4 Å². The van der Waals surface area contributed by atoms with Crippen molar-refractivity contribution in [1.82, 2.24) is 0 Å². The van der Waals surface area contributed by atoms with Crippen LogP contribution in [0.15, 0.2) is 54.6 Å². The summed E-state index contributed by atoms with van der Waals surface area (Å²) in [7, 11) is -2.44. The highest BCUT2D eigenvalue weighted by molar-refractivity contribution is 7.88. The number of fused-ring (bicyclic) bond motifs is 3. The first kappa shape index (κ1) is 22.0. The molecule has 10 heteroatoms. The number of nitrogens with two attached hydrogens (primary N) is 1. The first-order chi connectivity index (χ1) is 15.1. The van der Waals surface area contributed by atoms with Crippen LogP contribution in [-0.4, -0.2) is 22.1 Å². The summed E-state index contributed by atoms with van der Waals surface area (Å²) in [6.45, 7) is -3.06. The molecule has 0 aromatic heterocycles. The topological polar surface area (TPSA) is 87.8 Å². The maximum atomic E-state index is 14.2. The van der Waals surface area contributed by atoms with Crippen LogP contribution in [-0.2, 0) is 15.8 Å². The van der Waals surface area contributed by atoms with Crippen molar-refractivity contribution in [2.24, 2.45) is 5.14 Å². The Kier molecular flexibility index (Phi) is 5.74. The molecule has 1 unspecified atom stereocenters. The van der Waals surface area contributed by atoms with Crippen molar-refractivity contribution in [3.05, 3.63) is 77.1 Å². The smallest absolute Gasteiger partial charge is 0.387 e. The van der Waals surface area contributed by atoms with E-state index in [0.717, 1.165) is 0 Å². The number of benzene rings is 3. The van der Waals surface area contributed by atoms with Crippen molar-refractivity contribution in [3.63, 3.8) is 0 Å². The molecule has 1 aliphatic rings. The van der Waals surface area contributed by atoms with Crippen LogP contribution in [0.1, 0.15) is 22.8 Å². The Bertz CT molecular complexity index is 1280. The zero-order valence-electron chi connectivity index (χ0n) is 16.7. The number of rotatable bonds is 6. The number of ether oxygens (including phenoxy) is 3. The van der Waals surface area contributed by atoms with Gasteiger partial charge in [-0.15, -0.1) is 0 Å². The summed E-state index contributed by atoms with van der Waals surface area (Å²) in [5, 5.41) is 5.17. The van der Waals surface area contributed by atoms with Crippen LogP contribution in [0.2, 0.25) is 0 Å². The summed E-state index contributed by atoms with van der Waals surface area (Å²) in [6.07, 6.45) is -0.871. The Labute approximate surface area is 182 Å². The normalized spacial score (nSPS) is 15.0. The second kappa shape index (κ2) is 8.36. The fourth-order valence-electron chi connectivity index (χ4n) is 3.74. The first-order valence-corrected chi connectivity index (χ1v) is 11.1. The Hall–Kier alpha value is -3.24. The zero-order valence-corrected chi connectivity index (χ0v) is 17.5. The molecule has 1 aliphatic heterocycles. The number of hydrogen-bond acceptors (Lipinski definition) is 5. The second-order valence-corrected chi connectivity index (χ2v) is 8.77.